The largest absolute Gasteiger partial charge is 0.488 e. The summed E-state index contributed by atoms with van der Waals surface area (Å²) in [7, 11) is -1.47. The summed E-state index contributed by atoms with van der Waals surface area (Å²) in [4.78, 5) is 0. The van der Waals surface area contributed by atoms with E-state index < -0.39 is 7.12 Å². The van der Waals surface area contributed by atoms with E-state index in [0.29, 0.717) is 5.46 Å². The minimum Gasteiger partial charge on any atom is -0.423 e. The molecule has 0 aliphatic heterocycles. The number of hydrogen-bond donors (Lipinski definition) is 2. The maximum Gasteiger partial charge on any atom is 0.488 e. The standard InChI is InChI=1S/C30H21BO2S/c32-31(33)26-12-14-30-28(19-26)27-18-22(11-13-29(27)34-30)25-16-23(20-7-3-1-4-8-20)15-24(17-25)21-9-5-2-6-10-21/h1-19,32-33H. The molecule has 6 aromatic rings. The molecule has 0 spiro atoms. The lowest BCUT2D eigenvalue weighted by Gasteiger charge is -2.11. The highest BCUT2D eigenvalue weighted by Crippen LogP contribution is 2.38. The second-order valence-electron chi connectivity index (χ2n) is 8.47. The van der Waals surface area contributed by atoms with Crippen LogP contribution in [0.4, 0.5) is 0 Å². The Kier molecular flexibility index (Phi) is 5.27. The van der Waals surface area contributed by atoms with Crippen LogP contribution in [0.2, 0.25) is 0 Å². The Bertz CT molecular complexity index is 1560. The number of thiophene rings is 1. The van der Waals surface area contributed by atoms with Crippen LogP contribution in [0.1, 0.15) is 0 Å². The Morgan fingerprint density at radius 1 is 0.441 bits per heavy atom. The van der Waals surface area contributed by atoms with Gasteiger partial charge in [-0.1, -0.05) is 78.9 Å². The molecule has 1 heterocycles. The van der Waals surface area contributed by atoms with Crippen LogP contribution in [0.5, 0.6) is 0 Å². The molecule has 4 heteroatoms. The first-order chi connectivity index (χ1) is 16.7. The average Bonchev–Trinajstić information content (AvgIpc) is 3.26. The zero-order valence-corrected chi connectivity index (χ0v) is 19.2. The van der Waals surface area contributed by atoms with Crippen molar-refractivity contribution in [3.63, 3.8) is 0 Å². The van der Waals surface area contributed by atoms with Gasteiger partial charge < -0.3 is 10.0 Å². The van der Waals surface area contributed by atoms with E-state index in [0.717, 1.165) is 26.6 Å². The predicted octanol–water partition coefficient (Wildman–Crippen LogP) is 6.74. The summed E-state index contributed by atoms with van der Waals surface area (Å²) < 4.78 is 2.32. The molecule has 0 bridgehead atoms. The molecule has 2 N–H and O–H groups in total. The van der Waals surface area contributed by atoms with Crippen LogP contribution in [-0.2, 0) is 0 Å². The molecule has 0 unspecified atom stereocenters. The van der Waals surface area contributed by atoms with Crippen molar-refractivity contribution in [2.45, 2.75) is 0 Å². The molecular weight excluding hydrogens is 435 g/mol. The van der Waals surface area contributed by atoms with Crippen molar-refractivity contribution < 1.29 is 10.0 Å². The molecule has 0 fully saturated rings. The molecule has 2 nitrogen and oxygen atoms in total. The summed E-state index contributed by atoms with van der Waals surface area (Å²) in [5.74, 6) is 0. The molecule has 0 amide bonds. The lowest BCUT2D eigenvalue weighted by atomic mass is 9.80. The molecule has 0 radical (unpaired) electrons. The average molecular weight is 456 g/mol. The molecule has 34 heavy (non-hydrogen) atoms. The van der Waals surface area contributed by atoms with E-state index >= 15 is 0 Å². The van der Waals surface area contributed by atoms with Gasteiger partial charge in [-0.05, 0) is 80.6 Å². The van der Waals surface area contributed by atoms with Gasteiger partial charge in [0.1, 0.15) is 0 Å². The summed E-state index contributed by atoms with van der Waals surface area (Å²) in [6, 6.07) is 39.9. The second-order valence-corrected chi connectivity index (χ2v) is 9.56. The van der Waals surface area contributed by atoms with E-state index in [2.05, 4.69) is 84.9 Å². The smallest absolute Gasteiger partial charge is 0.423 e. The van der Waals surface area contributed by atoms with E-state index in [1.165, 1.54) is 27.0 Å². The van der Waals surface area contributed by atoms with Gasteiger partial charge in [-0.3, -0.25) is 0 Å². The van der Waals surface area contributed by atoms with Crippen LogP contribution in [0.25, 0.3) is 53.6 Å². The minimum absolute atomic E-state index is 0.509. The number of benzene rings is 5. The van der Waals surface area contributed by atoms with Gasteiger partial charge in [0.2, 0.25) is 0 Å². The van der Waals surface area contributed by atoms with E-state index in [-0.39, 0.29) is 0 Å². The fourth-order valence-corrected chi connectivity index (χ4v) is 5.59. The highest BCUT2D eigenvalue weighted by Gasteiger charge is 2.14. The van der Waals surface area contributed by atoms with Gasteiger partial charge in [0, 0.05) is 14.8 Å². The van der Waals surface area contributed by atoms with Gasteiger partial charge in [-0.15, -0.1) is 11.3 Å². The van der Waals surface area contributed by atoms with Gasteiger partial charge in [-0.2, -0.15) is 0 Å². The SMILES string of the molecule is OB(O)c1ccc2sc3ccc(-c4cc(-c5ccccc5)cc(-c5ccccc5)c4)cc3c2c1. The molecule has 0 aliphatic rings. The van der Waals surface area contributed by atoms with Gasteiger partial charge in [0.25, 0.3) is 0 Å². The van der Waals surface area contributed by atoms with Gasteiger partial charge in [-0.25, -0.2) is 0 Å². The fourth-order valence-electron chi connectivity index (χ4n) is 4.52. The quantitative estimate of drug-likeness (QED) is 0.289. The first-order valence-electron chi connectivity index (χ1n) is 11.2. The molecule has 162 valence electrons. The molecular formula is C30H21BO2S. The van der Waals surface area contributed by atoms with Crippen LogP contribution in [0.3, 0.4) is 0 Å². The molecule has 0 aliphatic carbocycles. The zero-order chi connectivity index (χ0) is 23.1. The second kappa shape index (κ2) is 8.58. The molecule has 0 saturated carbocycles. The van der Waals surface area contributed by atoms with Crippen LogP contribution in [-0.4, -0.2) is 17.2 Å². The van der Waals surface area contributed by atoms with Crippen molar-refractivity contribution in [1.82, 2.24) is 0 Å². The molecule has 1 aromatic heterocycles. The predicted molar refractivity (Wildman–Crippen MR) is 145 cm³/mol. The van der Waals surface area contributed by atoms with Gasteiger partial charge in [0.05, 0.1) is 0 Å². The van der Waals surface area contributed by atoms with Crippen molar-refractivity contribution in [2.24, 2.45) is 0 Å². The van der Waals surface area contributed by atoms with Crippen LogP contribution in [0.15, 0.2) is 115 Å². The topological polar surface area (TPSA) is 40.5 Å². The summed E-state index contributed by atoms with van der Waals surface area (Å²) >= 11 is 1.72. The fraction of sp³-hybridized carbons (Fsp3) is 0. The normalized spacial score (nSPS) is 11.2. The summed E-state index contributed by atoms with van der Waals surface area (Å²) in [6.45, 7) is 0. The Hall–Kier alpha value is -3.70. The molecule has 5 aromatic carbocycles. The maximum absolute atomic E-state index is 9.66. The minimum atomic E-state index is -1.47. The Morgan fingerprint density at radius 2 is 0.941 bits per heavy atom. The third kappa shape index (κ3) is 3.82. The summed E-state index contributed by atoms with van der Waals surface area (Å²) in [5, 5.41) is 21.5. The Morgan fingerprint density at radius 3 is 1.50 bits per heavy atom. The van der Waals surface area contributed by atoms with E-state index in [9.17, 15) is 10.0 Å². The van der Waals surface area contributed by atoms with Crippen LogP contribution < -0.4 is 5.46 Å². The Labute approximate surface area is 202 Å². The Balaban J connectivity index is 1.56. The number of rotatable bonds is 4. The van der Waals surface area contributed by atoms with Gasteiger partial charge in [0.15, 0.2) is 0 Å². The van der Waals surface area contributed by atoms with Crippen molar-refractivity contribution >= 4 is 44.1 Å². The first kappa shape index (κ1) is 20.9. The van der Waals surface area contributed by atoms with Crippen molar-refractivity contribution in [3.8, 4) is 33.4 Å². The van der Waals surface area contributed by atoms with Crippen LogP contribution in [0, 0.1) is 0 Å². The van der Waals surface area contributed by atoms with Gasteiger partial charge >= 0.3 is 7.12 Å². The van der Waals surface area contributed by atoms with Crippen LogP contribution >= 0.6 is 11.3 Å². The molecule has 0 atom stereocenters. The third-order valence-electron chi connectivity index (χ3n) is 6.27. The molecule has 0 saturated heterocycles. The highest BCUT2D eigenvalue weighted by molar-refractivity contribution is 7.25. The van der Waals surface area contributed by atoms with E-state index in [1.54, 1.807) is 17.4 Å². The molecule has 6 rings (SSSR count). The van der Waals surface area contributed by atoms with Crippen molar-refractivity contribution in [1.29, 1.82) is 0 Å². The lowest BCUT2D eigenvalue weighted by Crippen LogP contribution is -2.29. The number of fused-ring (bicyclic) bond motifs is 3. The highest BCUT2D eigenvalue weighted by atomic mass is 32.1. The van der Waals surface area contributed by atoms with Crippen molar-refractivity contribution in [2.75, 3.05) is 0 Å². The van der Waals surface area contributed by atoms with E-state index in [4.69, 9.17) is 0 Å². The maximum atomic E-state index is 9.66. The summed E-state index contributed by atoms with van der Waals surface area (Å²) in [5.41, 5.74) is 7.53. The lowest BCUT2D eigenvalue weighted by molar-refractivity contribution is 0.426. The van der Waals surface area contributed by atoms with E-state index in [1.807, 2.05) is 24.3 Å². The number of hydrogen-bond acceptors (Lipinski definition) is 3. The van der Waals surface area contributed by atoms with Crippen molar-refractivity contribution in [3.05, 3.63) is 115 Å². The first-order valence-corrected chi connectivity index (χ1v) is 12.1. The zero-order valence-electron chi connectivity index (χ0n) is 18.3. The summed E-state index contributed by atoms with van der Waals surface area (Å²) in [6.07, 6.45) is 0. The third-order valence-corrected chi connectivity index (χ3v) is 7.42. The monoisotopic (exact) mass is 456 g/mol.